The molecule has 0 aromatic heterocycles. The Labute approximate surface area is 170 Å². The molecule has 1 saturated heterocycles. The highest BCUT2D eigenvalue weighted by Gasteiger charge is 2.28. The Kier molecular flexibility index (Phi) is 7.15. The maximum atomic E-state index is 13.2. The SMILES string of the molecule is Cc1ccc(S(=O)(=O)N2CCCCC2)cc1C(=O)N(C)C1CCCCCCC1. The van der Waals surface area contributed by atoms with Crippen LogP contribution in [0.25, 0.3) is 0 Å². The Hall–Kier alpha value is -1.40. The van der Waals surface area contributed by atoms with Crippen LogP contribution in [0.15, 0.2) is 23.1 Å². The molecular formula is C22H34N2O3S. The molecule has 1 aliphatic heterocycles. The number of rotatable bonds is 4. The van der Waals surface area contributed by atoms with Gasteiger partial charge in [-0.05, 0) is 50.3 Å². The molecule has 0 unspecified atom stereocenters. The summed E-state index contributed by atoms with van der Waals surface area (Å²) in [6.07, 6.45) is 11.0. The molecule has 0 atom stereocenters. The van der Waals surface area contributed by atoms with Gasteiger partial charge in [0.2, 0.25) is 10.0 Å². The smallest absolute Gasteiger partial charge is 0.254 e. The summed E-state index contributed by atoms with van der Waals surface area (Å²) in [5, 5.41) is 0. The van der Waals surface area contributed by atoms with Crippen molar-refractivity contribution < 1.29 is 13.2 Å². The lowest BCUT2D eigenvalue weighted by Gasteiger charge is -2.30. The molecule has 0 N–H and O–H groups in total. The Morgan fingerprint density at radius 1 is 0.964 bits per heavy atom. The summed E-state index contributed by atoms with van der Waals surface area (Å²) in [5.74, 6) is -0.0567. The Balaban J connectivity index is 1.82. The molecule has 3 rings (SSSR count). The Morgan fingerprint density at radius 3 is 2.18 bits per heavy atom. The Morgan fingerprint density at radius 2 is 1.54 bits per heavy atom. The number of amides is 1. The first-order chi connectivity index (χ1) is 13.4. The van der Waals surface area contributed by atoms with Gasteiger partial charge in [-0.1, -0.05) is 44.6 Å². The van der Waals surface area contributed by atoms with Crippen molar-refractivity contribution in [1.82, 2.24) is 9.21 Å². The second-order valence-corrected chi connectivity index (χ2v) is 10.3. The number of nitrogens with zero attached hydrogens (tertiary/aromatic N) is 2. The maximum Gasteiger partial charge on any atom is 0.254 e. The van der Waals surface area contributed by atoms with Gasteiger partial charge in [0.15, 0.2) is 0 Å². The molecule has 6 heteroatoms. The number of benzene rings is 1. The van der Waals surface area contributed by atoms with E-state index in [9.17, 15) is 13.2 Å². The van der Waals surface area contributed by atoms with Crippen LogP contribution in [0.3, 0.4) is 0 Å². The van der Waals surface area contributed by atoms with Crippen molar-refractivity contribution in [2.45, 2.75) is 82.1 Å². The summed E-state index contributed by atoms with van der Waals surface area (Å²) in [4.78, 5) is 15.3. The van der Waals surface area contributed by atoms with Crippen LogP contribution in [-0.4, -0.2) is 49.7 Å². The third kappa shape index (κ3) is 4.77. The molecule has 1 aromatic rings. The van der Waals surface area contributed by atoms with Crippen molar-refractivity contribution in [3.8, 4) is 0 Å². The number of hydrogen-bond donors (Lipinski definition) is 0. The number of piperidine rings is 1. The van der Waals surface area contributed by atoms with E-state index in [-0.39, 0.29) is 16.8 Å². The second kappa shape index (κ2) is 9.40. The van der Waals surface area contributed by atoms with Crippen LogP contribution in [0.5, 0.6) is 0 Å². The molecule has 2 aliphatic rings. The lowest BCUT2D eigenvalue weighted by molar-refractivity contribution is 0.0706. The second-order valence-electron chi connectivity index (χ2n) is 8.36. The van der Waals surface area contributed by atoms with Crippen molar-refractivity contribution in [1.29, 1.82) is 0 Å². The summed E-state index contributed by atoms with van der Waals surface area (Å²) in [6.45, 7) is 3.03. The van der Waals surface area contributed by atoms with E-state index in [1.54, 1.807) is 22.5 Å². The molecule has 1 heterocycles. The number of carbonyl (C=O) groups excluding carboxylic acids is 1. The fourth-order valence-electron chi connectivity index (χ4n) is 4.42. The predicted molar refractivity (Wildman–Crippen MR) is 112 cm³/mol. The van der Waals surface area contributed by atoms with Gasteiger partial charge in [0.05, 0.1) is 4.90 Å². The van der Waals surface area contributed by atoms with Crippen LogP contribution in [0.1, 0.15) is 80.1 Å². The molecule has 0 spiro atoms. The van der Waals surface area contributed by atoms with E-state index in [0.717, 1.165) is 50.5 Å². The monoisotopic (exact) mass is 406 g/mol. The van der Waals surface area contributed by atoms with E-state index in [4.69, 9.17) is 0 Å². The summed E-state index contributed by atoms with van der Waals surface area (Å²) < 4.78 is 27.6. The fraction of sp³-hybridized carbons (Fsp3) is 0.682. The van der Waals surface area contributed by atoms with Gasteiger partial charge in [0.25, 0.3) is 5.91 Å². The molecule has 1 saturated carbocycles. The van der Waals surface area contributed by atoms with Crippen LogP contribution in [0, 0.1) is 6.92 Å². The number of sulfonamides is 1. The van der Waals surface area contributed by atoms with E-state index in [0.29, 0.717) is 18.7 Å². The van der Waals surface area contributed by atoms with Crippen molar-refractivity contribution in [3.05, 3.63) is 29.3 Å². The molecular weight excluding hydrogens is 372 g/mol. The van der Waals surface area contributed by atoms with E-state index in [2.05, 4.69) is 0 Å². The molecule has 5 nitrogen and oxygen atoms in total. The zero-order valence-corrected chi connectivity index (χ0v) is 18.1. The molecule has 1 amide bonds. The quantitative estimate of drug-likeness (QED) is 0.747. The summed E-state index contributed by atoms with van der Waals surface area (Å²) in [6, 6.07) is 5.26. The number of hydrogen-bond acceptors (Lipinski definition) is 3. The fourth-order valence-corrected chi connectivity index (χ4v) is 5.97. The molecule has 28 heavy (non-hydrogen) atoms. The van der Waals surface area contributed by atoms with E-state index >= 15 is 0 Å². The van der Waals surface area contributed by atoms with Crippen LogP contribution < -0.4 is 0 Å². The maximum absolute atomic E-state index is 13.2. The average Bonchev–Trinajstić information content (AvgIpc) is 2.67. The van der Waals surface area contributed by atoms with Gasteiger partial charge in [0, 0.05) is 31.7 Å². The highest BCUT2D eigenvalue weighted by molar-refractivity contribution is 7.89. The average molecular weight is 407 g/mol. The number of aryl methyl sites for hydroxylation is 1. The minimum Gasteiger partial charge on any atom is -0.339 e. The van der Waals surface area contributed by atoms with Crippen molar-refractivity contribution in [2.24, 2.45) is 0 Å². The molecule has 0 radical (unpaired) electrons. The largest absolute Gasteiger partial charge is 0.339 e. The van der Waals surface area contributed by atoms with Crippen LogP contribution >= 0.6 is 0 Å². The highest BCUT2D eigenvalue weighted by Crippen LogP contribution is 2.26. The van der Waals surface area contributed by atoms with Crippen molar-refractivity contribution >= 4 is 15.9 Å². The van der Waals surface area contributed by atoms with Crippen molar-refractivity contribution in [2.75, 3.05) is 20.1 Å². The minimum absolute atomic E-state index is 0.0567. The van der Waals surface area contributed by atoms with Gasteiger partial charge in [-0.15, -0.1) is 0 Å². The first-order valence-corrected chi connectivity index (χ1v) is 12.2. The van der Waals surface area contributed by atoms with E-state index < -0.39 is 10.0 Å². The molecule has 1 aromatic carbocycles. The standard InChI is InChI=1S/C22H34N2O3S/c1-18-13-14-20(28(26,27)24-15-9-6-10-16-24)17-21(18)22(25)23(2)19-11-7-4-3-5-8-12-19/h13-14,17,19H,3-12,15-16H2,1-2H3. The zero-order valence-electron chi connectivity index (χ0n) is 17.3. The molecule has 1 aliphatic carbocycles. The predicted octanol–water partition coefficient (Wildman–Crippen LogP) is 4.35. The molecule has 0 bridgehead atoms. The third-order valence-electron chi connectivity index (χ3n) is 6.34. The lowest BCUT2D eigenvalue weighted by atomic mass is 9.95. The summed E-state index contributed by atoms with van der Waals surface area (Å²) in [7, 11) is -1.66. The Bertz CT molecular complexity index is 777. The normalized spacial score (nSPS) is 20.4. The van der Waals surface area contributed by atoms with Crippen LogP contribution in [0.2, 0.25) is 0 Å². The highest BCUT2D eigenvalue weighted by atomic mass is 32.2. The molecule has 2 fully saturated rings. The topological polar surface area (TPSA) is 57.7 Å². The van der Waals surface area contributed by atoms with Gasteiger partial charge in [-0.3, -0.25) is 4.79 Å². The zero-order chi connectivity index (χ0) is 20.1. The lowest BCUT2D eigenvalue weighted by Crippen LogP contribution is -2.38. The van der Waals surface area contributed by atoms with Crippen LogP contribution in [0.4, 0.5) is 0 Å². The number of carbonyl (C=O) groups is 1. The van der Waals surface area contributed by atoms with Gasteiger partial charge in [0.1, 0.15) is 0 Å². The van der Waals surface area contributed by atoms with Gasteiger partial charge in [-0.2, -0.15) is 4.31 Å². The van der Waals surface area contributed by atoms with Gasteiger partial charge >= 0.3 is 0 Å². The van der Waals surface area contributed by atoms with Gasteiger partial charge in [-0.25, -0.2) is 8.42 Å². The van der Waals surface area contributed by atoms with Gasteiger partial charge < -0.3 is 4.90 Å². The molecule has 156 valence electrons. The third-order valence-corrected chi connectivity index (χ3v) is 8.23. The first kappa shape index (κ1) is 21.3. The summed E-state index contributed by atoms with van der Waals surface area (Å²) >= 11 is 0. The van der Waals surface area contributed by atoms with E-state index in [1.807, 2.05) is 18.9 Å². The first-order valence-electron chi connectivity index (χ1n) is 10.8. The van der Waals surface area contributed by atoms with E-state index in [1.165, 1.54) is 19.3 Å². The van der Waals surface area contributed by atoms with Crippen molar-refractivity contribution in [3.63, 3.8) is 0 Å². The summed E-state index contributed by atoms with van der Waals surface area (Å²) in [5.41, 5.74) is 1.35. The van der Waals surface area contributed by atoms with Crippen LogP contribution in [-0.2, 0) is 10.0 Å². The minimum atomic E-state index is -3.53.